The van der Waals surface area contributed by atoms with E-state index < -0.39 is 32.9 Å². The van der Waals surface area contributed by atoms with Crippen molar-refractivity contribution in [2.45, 2.75) is 30.9 Å². The van der Waals surface area contributed by atoms with E-state index in [9.17, 15) is 12.8 Å². The van der Waals surface area contributed by atoms with Crippen molar-refractivity contribution in [2.75, 3.05) is 25.5 Å². The van der Waals surface area contributed by atoms with E-state index in [2.05, 4.69) is 0 Å². The summed E-state index contributed by atoms with van der Waals surface area (Å²) < 4.78 is 46.0. The van der Waals surface area contributed by atoms with Gasteiger partial charge in [-0.1, -0.05) is 0 Å². The topological polar surface area (TPSA) is 92.9 Å². The number of halogens is 1. The summed E-state index contributed by atoms with van der Waals surface area (Å²) in [5.41, 5.74) is 5.99. The molecular formula is C13H19FN2O4S. The van der Waals surface area contributed by atoms with Crippen molar-refractivity contribution < 1.29 is 22.7 Å². The Morgan fingerprint density at radius 3 is 2.81 bits per heavy atom. The van der Waals surface area contributed by atoms with Gasteiger partial charge in [-0.2, -0.15) is 4.31 Å². The minimum Gasteiger partial charge on any atom is -0.399 e. The Labute approximate surface area is 123 Å². The van der Waals surface area contributed by atoms with Gasteiger partial charge in [-0.3, -0.25) is 0 Å². The second-order valence-corrected chi connectivity index (χ2v) is 7.07. The highest BCUT2D eigenvalue weighted by Crippen LogP contribution is 2.27. The van der Waals surface area contributed by atoms with Crippen molar-refractivity contribution in [2.24, 2.45) is 0 Å². The number of anilines is 1. The molecule has 1 aliphatic rings. The van der Waals surface area contributed by atoms with Gasteiger partial charge >= 0.3 is 0 Å². The van der Waals surface area contributed by atoms with Crippen LogP contribution in [0.4, 0.5) is 10.1 Å². The number of ether oxygens (including phenoxy) is 1. The van der Waals surface area contributed by atoms with Gasteiger partial charge in [0.05, 0.1) is 19.3 Å². The first-order valence-corrected chi connectivity index (χ1v) is 8.01. The smallest absolute Gasteiger partial charge is 0.246 e. The summed E-state index contributed by atoms with van der Waals surface area (Å²) in [6.45, 7) is 2.96. The third kappa shape index (κ3) is 3.03. The van der Waals surface area contributed by atoms with Crippen LogP contribution in [0.1, 0.15) is 12.5 Å². The third-order valence-electron chi connectivity index (χ3n) is 3.48. The zero-order valence-electron chi connectivity index (χ0n) is 11.9. The van der Waals surface area contributed by atoms with Gasteiger partial charge in [-0.25, -0.2) is 12.8 Å². The van der Waals surface area contributed by atoms with E-state index in [0.717, 1.165) is 10.4 Å². The van der Waals surface area contributed by atoms with Gasteiger partial charge in [0.15, 0.2) is 0 Å². The number of aliphatic hydroxyl groups excluding tert-OH is 1. The molecule has 1 aromatic rings. The van der Waals surface area contributed by atoms with Crippen molar-refractivity contribution >= 4 is 15.7 Å². The maximum absolute atomic E-state index is 14.2. The summed E-state index contributed by atoms with van der Waals surface area (Å²) >= 11 is 0. The van der Waals surface area contributed by atoms with E-state index in [1.807, 2.05) is 0 Å². The minimum absolute atomic E-state index is 0.0205. The molecule has 0 radical (unpaired) electrons. The largest absolute Gasteiger partial charge is 0.399 e. The van der Waals surface area contributed by atoms with E-state index in [1.54, 1.807) is 6.92 Å². The molecule has 1 aliphatic heterocycles. The highest BCUT2D eigenvalue weighted by atomic mass is 32.2. The summed E-state index contributed by atoms with van der Waals surface area (Å²) in [6, 6.07) is 2.06. The number of morpholine rings is 1. The van der Waals surface area contributed by atoms with Crippen molar-refractivity contribution in [1.29, 1.82) is 0 Å². The van der Waals surface area contributed by atoms with Crippen molar-refractivity contribution in [1.82, 2.24) is 4.31 Å². The van der Waals surface area contributed by atoms with Gasteiger partial charge in [0.25, 0.3) is 0 Å². The number of sulfonamides is 1. The van der Waals surface area contributed by atoms with E-state index in [-0.39, 0.29) is 31.0 Å². The molecule has 3 N–H and O–H groups in total. The van der Waals surface area contributed by atoms with Crippen LogP contribution in [0.15, 0.2) is 17.0 Å². The summed E-state index contributed by atoms with van der Waals surface area (Å²) in [5, 5.41) is 9.13. The second-order valence-electron chi connectivity index (χ2n) is 5.21. The fourth-order valence-corrected chi connectivity index (χ4v) is 4.14. The van der Waals surface area contributed by atoms with Crippen LogP contribution in [0.5, 0.6) is 0 Å². The summed E-state index contributed by atoms with van der Waals surface area (Å²) in [6.07, 6.45) is -0.610. The Morgan fingerprint density at radius 1 is 1.52 bits per heavy atom. The Bertz CT molecular complexity index is 635. The van der Waals surface area contributed by atoms with Crippen molar-refractivity contribution in [3.05, 3.63) is 23.5 Å². The Morgan fingerprint density at radius 2 is 2.19 bits per heavy atom. The molecule has 6 nitrogen and oxygen atoms in total. The van der Waals surface area contributed by atoms with E-state index in [0.29, 0.717) is 0 Å². The van der Waals surface area contributed by atoms with Crippen LogP contribution in [0.3, 0.4) is 0 Å². The van der Waals surface area contributed by atoms with Gasteiger partial charge in [-0.15, -0.1) is 0 Å². The third-order valence-corrected chi connectivity index (χ3v) is 5.46. The van der Waals surface area contributed by atoms with Crippen LogP contribution < -0.4 is 5.73 Å². The Hall–Kier alpha value is -1.22. The Kier molecular flexibility index (Phi) is 4.52. The Balaban J connectivity index is 2.46. The first-order valence-electron chi connectivity index (χ1n) is 6.57. The predicted molar refractivity (Wildman–Crippen MR) is 75.7 cm³/mol. The number of nitrogens with two attached hydrogens (primary N) is 1. The number of hydrogen-bond donors (Lipinski definition) is 2. The van der Waals surface area contributed by atoms with Crippen LogP contribution in [-0.2, 0) is 14.8 Å². The number of hydrogen-bond acceptors (Lipinski definition) is 5. The lowest BCUT2D eigenvalue weighted by Gasteiger charge is -2.36. The molecule has 1 aromatic carbocycles. The van der Waals surface area contributed by atoms with Crippen LogP contribution in [0, 0.1) is 12.7 Å². The second kappa shape index (κ2) is 5.88. The molecule has 2 unspecified atom stereocenters. The zero-order chi connectivity index (χ0) is 15.8. The molecule has 2 atom stereocenters. The van der Waals surface area contributed by atoms with E-state index in [1.165, 1.54) is 13.0 Å². The van der Waals surface area contributed by atoms with Gasteiger partial charge in [0, 0.05) is 18.3 Å². The van der Waals surface area contributed by atoms with E-state index in [4.69, 9.17) is 15.6 Å². The maximum Gasteiger partial charge on any atom is 0.246 e. The lowest BCUT2D eigenvalue weighted by Crippen LogP contribution is -2.52. The van der Waals surface area contributed by atoms with Gasteiger partial charge in [0.1, 0.15) is 10.7 Å². The maximum atomic E-state index is 14.2. The highest BCUT2D eigenvalue weighted by Gasteiger charge is 2.37. The summed E-state index contributed by atoms with van der Waals surface area (Å²) in [5.74, 6) is -0.802. The average molecular weight is 318 g/mol. The molecule has 2 rings (SSSR count). The number of rotatable bonds is 3. The fourth-order valence-electron chi connectivity index (χ4n) is 2.32. The fraction of sp³-hybridized carbons (Fsp3) is 0.538. The molecule has 0 aliphatic carbocycles. The first-order chi connectivity index (χ1) is 9.77. The van der Waals surface area contributed by atoms with Crippen molar-refractivity contribution in [3.8, 4) is 0 Å². The lowest BCUT2D eigenvalue weighted by atomic mass is 10.2. The van der Waals surface area contributed by atoms with Gasteiger partial charge < -0.3 is 15.6 Å². The summed E-state index contributed by atoms with van der Waals surface area (Å²) in [7, 11) is -4.04. The molecule has 0 spiro atoms. The number of nitrogen functional groups attached to an aromatic ring is 1. The number of benzene rings is 1. The molecule has 8 heteroatoms. The van der Waals surface area contributed by atoms with E-state index >= 15 is 0 Å². The molecule has 118 valence electrons. The molecule has 0 aromatic heterocycles. The number of aliphatic hydroxyl groups is 1. The molecule has 1 heterocycles. The number of nitrogens with zero attached hydrogens (tertiary/aromatic N) is 1. The van der Waals surface area contributed by atoms with Gasteiger partial charge in [-0.05, 0) is 31.5 Å². The molecule has 1 fully saturated rings. The zero-order valence-corrected chi connectivity index (χ0v) is 12.7. The highest BCUT2D eigenvalue weighted by molar-refractivity contribution is 7.89. The molecular weight excluding hydrogens is 299 g/mol. The normalized spacial score (nSPS) is 24.2. The SMILES string of the molecule is Cc1cc(N)cc(S(=O)(=O)N2CC(CO)OCC2C)c1F. The minimum atomic E-state index is -4.04. The lowest BCUT2D eigenvalue weighted by molar-refractivity contribution is -0.0516. The summed E-state index contributed by atoms with van der Waals surface area (Å²) in [4.78, 5) is -0.439. The van der Waals surface area contributed by atoms with Crippen LogP contribution in [0.2, 0.25) is 0 Å². The predicted octanol–water partition coefficient (Wildman–Crippen LogP) is 0.487. The van der Waals surface area contributed by atoms with Crippen LogP contribution >= 0.6 is 0 Å². The average Bonchev–Trinajstić information content (AvgIpc) is 2.43. The molecule has 0 amide bonds. The van der Waals surface area contributed by atoms with Gasteiger partial charge in [0.2, 0.25) is 10.0 Å². The monoisotopic (exact) mass is 318 g/mol. The first kappa shape index (κ1) is 16.2. The molecule has 0 bridgehead atoms. The molecule has 21 heavy (non-hydrogen) atoms. The van der Waals surface area contributed by atoms with Crippen LogP contribution in [0.25, 0.3) is 0 Å². The number of aryl methyl sites for hydroxylation is 1. The molecule has 1 saturated heterocycles. The molecule has 0 saturated carbocycles. The van der Waals surface area contributed by atoms with Crippen LogP contribution in [-0.4, -0.2) is 49.7 Å². The quantitative estimate of drug-likeness (QED) is 0.791. The standard InChI is InChI=1S/C13H19FN2O4S/c1-8-3-10(15)4-12(13(8)14)21(18,19)16-5-11(6-17)20-7-9(16)2/h3-4,9,11,17H,5-7,15H2,1-2H3. The van der Waals surface area contributed by atoms with Crippen molar-refractivity contribution in [3.63, 3.8) is 0 Å².